The number of rotatable bonds is 8. The number of carbonyl (C=O) groups excluding carboxylic acids is 1. The molecule has 0 aromatic carbocycles. The van der Waals surface area contributed by atoms with Crippen LogP contribution in [0.2, 0.25) is 0 Å². The fourth-order valence-corrected chi connectivity index (χ4v) is 1.84. The largest absolute Gasteiger partial charge is 0.395 e. The summed E-state index contributed by atoms with van der Waals surface area (Å²) >= 11 is 0. The van der Waals surface area contributed by atoms with E-state index in [0.29, 0.717) is 25.4 Å². The average molecular weight is 279 g/mol. The second-order valence-electron chi connectivity index (χ2n) is 4.41. The normalized spacial score (nSPS) is 10.2. The van der Waals surface area contributed by atoms with Crippen LogP contribution in [0.4, 0.5) is 5.69 Å². The number of nitrogens with one attached hydrogen (secondary N) is 1. The van der Waals surface area contributed by atoms with Gasteiger partial charge in [-0.15, -0.1) is 0 Å². The summed E-state index contributed by atoms with van der Waals surface area (Å²) in [6, 6.07) is 2.03. The predicted octanol–water partition coefficient (Wildman–Crippen LogP) is 0.947. The van der Waals surface area contributed by atoms with E-state index in [1.54, 1.807) is 7.11 Å². The molecule has 0 saturated carbocycles. The van der Waals surface area contributed by atoms with Gasteiger partial charge in [0.05, 0.1) is 30.5 Å². The number of nitriles is 1. The van der Waals surface area contributed by atoms with Crippen LogP contribution in [0.5, 0.6) is 0 Å². The summed E-state index contributed by atoms with van der Waals surface area (Å²) in [5.74, 6) is -0.270. The summed E-state index contributed by atoms with van der Waals surface area (Å²) in [6.07, 6.45) is 1.94. The summed E-state index contributed by atoms with van der Waals surface area (Å²) in [5.41, 5.74) is 7.35. The van der Waals surface area contributed by atoms with E-state index >= 15 is 0 Å². The number of anilines is 1. The topological polar surface area (TPSA) is 108 Å². The van der Waals surface area contributed by atoms with E-state index in [2.05, 4.69) is 10.2 Å². The fourth-order valence-electron chi connectivity index (χ4n) is 1.84. The Kier molecular flexibility index (Phi) is 6.53. The molecule has 1 rings (SSSR count). The molecule has 0 aliphatic carbocycles. The maximum Gasteiger partial charge on any atom is 0.276 e. The molecule has 110 valence electrons. The Morgan fingerprint density at radius 1 is 1.55 bits per heavy atom. The van der Waals surface area contributed by atoms with Crippen molar-refractivity contribution in [2.75, 3.05) is 32.5 Å². The lowest BCUT2D eigenvalue weighted by Gasteiger charge is -2.20. The minimum Gasteiger partial charge on any atom is -0.395 e. The number of amides is 1. The molecule has 0 fully saturated rings. The Bertz CT molecular complexity index is 478. The van der Waals surface area contributed by atoms with Crippen molar-refractivity contribution in [2.24, 2.45) is 0 Å². The number of aryl methyl sites for hydroxylation is 1. The van der Waals surface area contributed by atoms with E-state index in [9.17, 15) is 4.79 Å². The highest BCUT2D eigenvalue weighted by atomic mass is 16.5. The SMILES string of the molecule is CCCc1[nH]nc(C(=O)N(CCC#N)CCOC)c1N. The molecule has 1 amide bonds. The van der Waals surface area contributed by atoms with Gasteiger partial charge in [-0.2, -0.15) is 10.4 Å². The van der Waals surface area contributed by atoms with Gasteiger partial charge in [-0.1, -0.05) is 13.3 Å². The van der Waals surface area contributed by atoms with Crippen LogP contribution in [0.25, 0.3) is 0 Å². The summed E-state index contributed by atoms with van der Waals surface area (Å²) in [4.78, 5) is 13.9. The number of ether oxygens (including phenoxy) is 1. The zero-order chi connectivity index (χ0) is 15.0. The molecule has 20 heavy (non-hydrogen) atoms. The molecule has 1 heterocycles. The number of nitrogens with zero attached hydrogens (tertiary/aromatic N) is 3. The molecule has 0 radical (unpaired) electrons. The fraction of sp³-hybridized carbons (Fsp3) is 0.615. The zero-order valence-corrected chi connectivity index (χ0v) is 12.0. The van der Waals surface area contributed by atoms with Crippen molar-refractivity contribution < 1.29 is 9.53 Å². The van der Waals surface area contributed by atoms with E-state index < -0.39 is 0 Å². The quantitative estimate of drug-likeness (QED) is 0.736. The Balaban J connectivity index is 2.85. The summed E-state index contributed by atoms with van der Waals surface area (Å²) in [6.45, 7) is 3.18. The number of methoxy groups -OCH3 is 1. The van der Waals surface area contributed by atoms with Gasteiger partial charge < -0.3 is 15.4 Å². The van der Waals surface area contributed by atoms with Crippen molar-refractivity contribution in [3.05, 3.63) is 11.4 Å². The Labute approximate surface area is 118 Å². The minimum absolute atomic E-state index is 0.225. The lowest BCUT2D eigenvalue weighted by atomic mass is 10.2. The first-order valence-corrected chi connectivity index (χ1v) is 6.63. The van der Waals surface area contributed by atoms with Gasteiger partial charge in [-0.05, 0) is 6.42 Å². The molecule has 3 N–H and O–H groups in total. The number of aromatic amines is 1. The smallest absolute Gasteiger partial charge is 0.276 e. The first-order chi connectivity index (χ1) is 9.65. The highest BCUT2D eigenvalue weighted by Crippen LogP contribution is 2.17. The number of hydrogen-bond donors (Lipinski definition) is 2. The number of aromatic nitrogens is 2. The Morgan fingerprint density at radius 3 is 2.90 bits per heavy atom. The molecule has 7 heteroatoms. The molecule has 0 bridgehead atoms. The van der Waals surface area contributed by atoms with Crippen LogP contribution in [0, 0.1) is 11.3 Å². The molecule has 0 saturated heterocycles. The third-order valence-electron chi connectivity index (χ3n) is 2.93. The van der Waals surface area contributed by atoms with Gasteiger partial charge in [0, 0.05) is 20.2 Å². The molecular formula is C13H21N5O2. The van der Waals surface area contributed by atoms with Crippen LogP contribution < -0.4 is 5.73 Å². The maximum absolute atomic E-state index is 12.4. The van der Waals surface area contributed by atoms with Crippen molar-refractivity contribution in [2.45, 2.75) is 26.2 Å². The summed E-state index contributed by atoms with van der Waals surface area (Å²) < 4.78 is 4.98. The summed E-state index contributed by atoms with van der Waals surface area (Å²) in [5, 5.41) is 15.5. The number of nitrogen functional groups attached to an aromatic ring is 1. The minimum atomic E-state index is -0.270. The highest BCUT2D eigenvalue weighted by Gasteiger charge is 2.22. The predicted molar refractivity (Wildman–Crippen MR) is 75.0 cm³/mol. The van der Waals surface area contributed by atoms with Crippen molar-refractivity contribution in [1.82, 2.24) is 15.1 Å². The maximum atomic E-state index is 12.4. The Hall–Kier alpha value is -2.07. The second-order valence-corrected chi connectivity index (χ2v) is 4.41. The molecule has 0 spiro atoms. The highest BCUT2D eigenvalue weighted by molar-refractivity contribution is 5.97. The van der Waals surface area contributed by atoms with Gasteiger partial charge in [0.2, 0.25) is 0 Å². The molecule has 1 aromatic heterocycles. The van der Waals surface area contributed by atoms with E-state index in [-0.39, 0.29) is 18.0 Å². The monoisotopic (exact) mass is 279 g/mol. The van der Waals surface area contributed by atoms with Crippen LogP contribution in [-0.4, -0.2) is 47.8 Å². The van der Waals surface area contributed by atoms with Crippen molar-refractivity contribution >= 4 is 11.6 Å². The molecule has 7 nitrogen and oxygen atoms in total. The number of H-pyrrole nitrogens is 1. The first-order valence-electron chi connectivity index (χ1n) is 6.63. The van der Waals surface area contributed by atoms with Gasteiger partial charge in [0.15, 0.2) is 5.69 Å². The van der Waals surface area contributed by atoms with Gasteiger partial charge in [0.25, 0.3) is 5.91 Å². The molecule has 0 aliphatic rings. The van der Waals surface area contributed by atoms with Crippen molar-refractivity contribution in [1.29, 1.82) is 5.26 Å². The third-order valence-corrected chi connectivity index (χ3v) is 2.93. The Morgan fingerprint density at radius 2 is 2.30 bits per heavy atom. The van der Waals surface area contributed by atoms with Crippen molar-refractivity contribution in [3.63, 3.8) is 0 Å². The molecule has 0 unspecified atom stereocenters. The lowest BCUT2D eigenvalue weighted by Crippen LogP contribution is -2.35. The van der Waals surface area contributed by atoms with Gasteiger partial charge in [-0.3, -0.25) is 9.89 Å². The van der Waals surface area contributed by atoms with Gasteiger partial charge in [0.1, 0.15) is 0 Å². The average Bonchev–Trinajstić information content (AvgIpc) is 2.80. The zero-order valence-electron chi connectivity index (χ0n) is 12.0. The van der Waals surface area contributed by atoms with Crippen molar-refractivity contribution in [3.8, 4) is 6.07 Å². The lowest BCUT2D eigenvalue weighted by molar-refractivity contribution is 0.0695. The van der Waals surface area contributed by atoms with E-state index in [1.165, 1.54) is 4.90 Å². The van der Waals surface area contributed by atoms with Crippen LogP contribution in [0.15, 0.2) is 0 Å². The van der Waals surface area contributed by atoms with E-state index in [0.717, 1.165) is 18.5 Å². The molecule has 1 aromatic rings. The van der Waals surface area contributed by atoms with E-state index in [1.807, 2.05) is 13.0 Å². The van der Waals surface area contributed by atoms with Crippen LogP contribution in [-0.2, 0) is 11.2 Å². The number of nitrogens with two attached hydrogens (primary N) is 1. The molecule has 0 aliphatic heterocycles. The van der Waals surface area contributed by atoms with Gasteiger partial charge >= 0.3 is 0 Å². The summed E-state index contributed by atoms with van der Waals surface area (Å²) in [7, 11) is 1.56. The molecule has 0 atom stereocenters. The standard InChI is InChI=1S/C13H21N5O2/c1-3-5-10-11(15)12(17-16-10)13(19)18(7-4-6-14)8-9-20-2/h3-5,7-9,15H2,1-2H3,(H,16,17). The van der Waals surface area contributed by atoms with Crippen LogP contribution >= 0.6 is 0 Å². The molecular weight excluding hydrogens is 258 g/mol. The number of hydrogen-bond acceptors (Lipinski definition) is 5. The second kappa shape index (κ2) is 8.17. The number of carbonyl (C=O) groups is 1. The van der Waals surface area contributed by atoms with Crippen LogP contribution in [0.3, 0.4) is 0 Å². The first kappa shape index (κ1) is 16.0. The third kappa shape index (κ3) is 3.96. The van der Waals surface area contributed by atoms with Gasteiger partial charge in [-0.25, -0.2) is 0 Å². The van der Waals surface area contributed by atoms with E-state index in [4.69, 9.17) is 15.7 Å². The van der Waals surface area contributed by atoms with Crippen LogP contribution in [0.1, 0.15) is 35.9 Å².